The van der Waals surface area contributed by atoms with Gasteiger partial charge in [0.05, 0.1) is 12.8 Å². The first-order valence-electron chi connectivity index (χ1n) is 3.32. The minimum absolute atomic E-state index is 0. The quantitative estimate of drug-likeness (QED) is 0.529. The molecular weight excluding hydrogens is 181 g/mol. The maximum atomic E-state index is 10.6. The summed E-state index contributed by atoms with van der Waals surface area (Å²) in [4.78, 5) is 10.6. The molecule has 1 aromatic rings. The van der Waals surface area contributed by atoms with Gasteiger partial charge in [0, 0.05) is 29.6 Å². The van der Waals surface area contributed by atoms with Crippen LogP contribution >= 0.6 is 0 Å². The molecule has 0 fully saturated rings. The zero-order chi connectivity index (χ0) is 9.14. The molecule has 1 aromatic carbocycles. The van der Waals surface area contributed by atoms with E-state index in [4.69, 9.17) is 15.6 Å². The molecule has 0 saturated carbocycles. The van der Waals surface area contributed by atoms with Crippen molar-refractivity contribution in [2.24, 2.45) is 0 Å². The number of hydrogen-bond donors (Lipinski definition) is 2. The van der Waals surface area contributed by atoms with E-state index in [2.05, 4.69) is 0 Å². The maximum Gasteiger partial charge on any atom is 0.339 e. The van der Waals surface area contributed by atoms with Crippen LogP contribution in [0.5, 0.6) is 5.75 Å². The number of carboxylic acids is 1. The van der Waals surface area contributed by atoms with Crippen LogP contribution in [0.25, 0.3) is 0 Å². The summed E-state index contributed by atoms with van der Waals surface area (Å²) in [5.41, 5.74) is 5.89. The largest absolute Gasteiger partial charge is 0.494 e. The van der Waals surface area contributed by atoms with Gasteiger partial charge in [0.25, 0.3) is 0 Å². The van der Waals surface area contributed by atoms with E-state index in [1.165, 1.54) is 13.2 Å². The topological polar surface area (TPSA) is 72.5 Å². The van der Waals surface area contributed by atoms with Gasteiger partial charge in [-0.1, -0.05) is 6.07 Å². The zero-order valence-corrected chi connectivity index (χ0v) is 9.57. The summed E-state index contributed by atoms with van der Waals surface area (Å²) in [5.74, 6) is -0.829. The first kappa shape index (κ1) is 12.3. The number of carboxylic acid groups (broad SMARTS) is 1. The Morgan fingerprint density at radius 2 is 2.15 bits per heavy atom. The second-order valence-electron chi connectivity index (χ2n) is 2.23. The molecule has 0 aliphatic carbocycles. The van der Waals surface area contributed by atoms with E-state index in [1.807, 2.05) is 0 Å². The number of para-hydroxylation sites is 1. The summed E-state index contributed by atoms with van der Waals surface area (Å²) < 4.78 is 4.83. The Bertz CT molecular complexity index is 314. The number of nitrogen functional groups attached to an aromatic ring is 1. The number of methoxy groups -OCH3 is 1. The van der Waals surface area contributed by atoms with Crippen LogP contribution in [0.2, 0.25) is 0 Å². The number of rotatable bonds is 2. The Kier molecular flexibility index (Phi) is 4.83. The molecule has 0 amide bonds. The molecule has 4 nitrogen and oxygen atoms in total. The molecule has 0 unspecified atom stereocenters. The van der Waals surface area contributed by atoms with Gasteiger partial charge in [-0.15, -0.1) is 0 Å². The fraction of sp³-hybridized carbons (Fsp3) is 0.125. The summed E-state index contributed by atoms with van der Waals surface area (Å²) in [6.45, 7) is 0. The van der Waals surface area contributed by atoms with Crippen molar-refractivity contribution >= 4 is 41.2 Å². The Hall–Kier alpha value is -0.710. The molecule has 0 aromatic heterocycles. The van der Waals surface area contributed by atoms with Crippen molar-refractivity contribution in [1.82, 2.24) is 0 Å². The smallest absolute Gasteiger partial charge is 0.339 e. The van der Waals surface area contributed by atoms with Crippen molar-refractivity contribution < 1.29 is 14.6 Å². The van der Waals surface area contributed by atoms with Crippen LogP contribution in [0.3, 0.4) is 0 Å². The van der Waals surface area contributed by atoms with Gasteiger partial charge >= 0.3 is 5.97 Å². The molecule has 0 aliphatic rings. The zero-order valence-electron chi connectivity index (χ0n) is 7.57. The van der Waals surface area contributed by atoms with E-state index < -0.39 is 5.97 Å². The van der Waals surface area contributed by atoms with Gasteiger partial charge in [0.2, 0.25) is 0 Å². The molecule has 0 atom stereocenters. The molecule has 1 rings (SSSR count). The first-order valence-corrected chi connectivity index (χ1v) is 3.32. The molecule has 0 heterocycles. The predicted octanol–water partition coefficient (Wildman–Crippen LogP) is 0.595. The Morgan fingerprint density at radius 3 is 2.54 bits per heavy atom. The van der Waals surface area contributed by atoms with Crippen molar-refractivity contribution in [2.75, 3.05) is 12.8 Å². The van der Waals surface area contributed by atoms with Gasteiger partial charge in [-0.2, -0.15) is 0 Å². The van der Waals surface area contributed by atoms with E-state index in [1.54, 1.807) is 12.1 Å². The molecule has 65 valence electrons. The minimum Gasteiger partial charge on any atom is -0.494 e. The molecule has 0 saturated heterocycles. The second-order valence-corrected chi connectivity index (χ2v) is 2.23. The van der Waals surface area contributed by atoms with Crippen molar-refractivity contribution in [1.29, 1.82) is 0 Å². The number of anilines is 1. The van der Waals surface area contributed by atoms with Crippen LogP contribution in [0.4, 0.5) is 5.69 Å². The van der Waals surface area contributed by atoms with Crippen LogP contribution in [0.1, 0.15) is 10.4 Å². The van der Waals surface area contributed by atoms with Crippen LogP contribution in [-0.4, -0.2) is 47.7 Å². The monoisotopic (exact) mass is 190 g/mol. The van der Waals surface area contributed by atoms with Gasteiger partial charge in [-0.3, -0.25) is 0 Å². The number of benzene rings is 1. The molecule has 0 spiro atoms. The van der Waals surface area contributed by atoms with Crippen molar-refractivity contribution in [3.63, 3.8) is 0 Å². The van der Waals surface area contributed by atoms with E-state index in [-0.39, 0.29) is 40.9 Å². The number of ether oxygens (including phenoxy) is 1. The number of carbonyl (C=O) groups is 1. The molecule has 1 radical (unpaired) electrons. The Morgan fingerprint density at radius 1 is 1.54 bits per heavy atom. The van der Waals surface area contributed by atoms with Crippen molar-refractivity contribution in [2.45, 2.75) is 0 Å². The summed E-state index contributed by atoms with van der Waals surface area (Å²) in [6.07, 6.45) is 0. The summed E-state index contributed by atoms with van der Waals surface area (Å²) in [7, 11) is 1.39. The normalized spacial score (nSPS) is 8.69. The summed E-state index contributed by atoms with van der Waals surface area (Å²) in [6, 6.07) is 4.60. The third-order valence-electron chi connectivity index (χ3n) is 1.48. The molecule has 3 N–H and O–H groups in total. The van der Waals surface area contributed by atoms with Crippen molar-refractivity contribution in [3.8, 4) is 5.75 Å². The third-order valence-corrected chi connectivity index (χ3v) is 1.48. The summed E-state index contributed by atoms with van der Waals surface area (Å²) >= 11 is 0. The molecular formula is C8H9NNaO3. The minimum atomic E-state index is -1.04. The van der Waals surface area contributed by atoms with Gasteiger partial charge in [0.15, 0.2) is 5.75 Å². The fourth-order valence-corrected chi connectivity index (χ4v) is 0.951. The van der Waals surface area contributed by atoms with Crippen LogP contribution in [0, 0.1) is 0 Å². The molecule has 5 heteroatoms. The molecule has 0 bridgehead atoms. The molecule has 13 heavy (non-hydrogen) atoms. The third kappa shape index (κ3) is 2.62. The standard InChI is InChI=1S/C8H9NO3.Na/c1-12-7-5(8(10)11)3-2-4-6(7)9;/h2-4H,9H2,1H3,(H,10,11);. The van der Waals surface area contributed by atoms with E-state index in [0.29, 0.717) is 5.69 Å². The van der Waals surface area contributed by atoms with Crippen LogP contribution in [-0.2, 0) is 0 Å². The summed E-state index contributed by atoms with van der Waals surface area (Å²) in [5, 5.41) is 8.69. The Balaban J connectivity index is 0.00000144. The number of nitrogens with two attached hydrogens (primary N) is 1. The van der Waals surface area contributed by atoms with E-state index in [9.17, 15) is 4.79 Å². The van der Waals surface area contributed by atoms with E-state index >= 15 is 0 Å². The Labute approximate surface area is 98.0 Å². The molecule has 0 aliphatic heterocycles. The van der Waals surface area contributed by atoms with Gasteiger partial charge in [-0.25, -0.2) is 4.79 Å². The first-order chi connectivity index (χ1) is 5.66. The van der Waals surface area contributed by atoms with E-state index in [0.717, 1.165) is 0 Å². The fourth-order valence-electron chi connectivity index (χ4n) is 0.951. The van der Waals surface area contributed by atoms with Crippen LogP contribution in [0.15, 0.2) is 18.2 Å². The van der Waals surface area contributed by atoms with Crippen molar-refractivity contribution in [3.05, 3.63) is 23.8 Å². The van der Waals surface area contributed by atoms with Gasteiger partial charge < -0.3 is 15.6 Å². The number of aromatic carboxylic acids is 1. The van der Waals surface area contributed by atoms with Crippen LogP contribution < -0.4 is 10.5 Å². The maximum absolute atomic E-state index is 10.6. The number of hydrogen-bond acceptors (Lipinski definition) is 3. The van der Waals surface area contributed by atoms with Gasteiger partial charge in [-0.05, 0) is 12.1 Å². The van der Waals surface area contributed by atoms with Gasteiger partial charge in [0.1, 0.15) is 5.56 Å². The average Bonchev–Trinajstić information content (AvgIpc) is 2.03. The predicted molar refractivity (Wildman–Crippen MR) is 50.1 cm³/mol. The SMILES string of the molecule is COc1c(N)cccc1C(=O)O.[Na]. The average molecular weight is 190 g/mol. The second kappa shape index (κ2) is 5.11.